The Morgan fingerprint density at radius 1 is 1.35 bits per heavy atom. The van der Waals surface area contributed by atoms with Crippen LogP contribution < -0.4 is 5.73 Å². The summed E-state index contributed by atoms with van der Waals surface area (Å²) in [6.07, 6.45) is 2.38. The number of piperidine rings is 1. The van der Waals surface area contributed by atoms with Crippen molar-refractivity contribution in [1.29, 1.82) is 0 Å². The van der Waals surface area contributed by atoms with Gasteiger partial charge in [0.15, 0.2) is 0 Å². The molecular weight excluding hydrogens is 208 g/mol. The van der Waals surface area contributed by atoms with E-state index in [0.717, 1.165) is 13.0 Å². The summed E-state index contributed by atoms with van der Waals surface area (Å²) in [6, 6.07) is 11.7. The molecule has 1 saturated heterocycles. The summed E-state index contributed by atoms with van der Waals surface area (Å²) in [5.74, 6) is 0.666. The molecule has 1 aromatic carbocycles. The van der Waals surface area contributed by atoms with Crippen LogP contribution in [0.3, 0.4) is 0 Å². The van der Waals surface area contributed by atoms with Crippen LogP contribution in [0, 0.1) is 5.92 Å². The smallest absolute Gasteiger partial charge is 0.0346 e. The summed E-state index contributed by atoms with van der Waals surface area (Å²) < 4.78 is 0. The molecule has 0 aliphatic carbocycles. The van der Waals surface area contributed by atoms with Crippen LogP contribution in [0.5, 0.6) is 0 Å². The lowest BCUT2D eigenvalue weighted by atomic mass is 9.91. The van der Waals surface area contributed by atoms with E-state index < -0.39 is 0 Å². The highest BCUT2D eigenvalue weighted by atomic mass is 15.2. The molecule has 2 N–H and O–H groups in total. The summed E-state index contributed by atoms with van der Waals surface area (Å²) in [5.41, 5.74) is 7.63. The van der Waals surface area contributed by atoms with Gasteiger partial charge in [0.05, 0.1) is 0 Å². The number of nitrogens with two attached hydrogens (primary N) is 1. The van der Waals surface area contributed by atoms with Gasteiger partial charge in [-0.05, 0) is 30.9 Å². The van der Waals surface area contributed by atoms with Gasteiger partial charge < -0.3 is 5.73 Å². The van der Waals surface area contributed by atoms with Crippen LogP contribution in [0.25, 0.3) is 0 Å². The van der Waals surface area contributed by atoms with E-state index >= 15 is 0 Å². The van der Waals surface area contributed by atoms with Crippen molar-refractivity contribution >= 4 is 0 Å². The zero-order valence-corrected chi connectivity index (χ0v) is 11.0. The average molecular weight is 232 g/mol. The van der Waals surface area contributed by atoms with Crippen molar-refractivity contribution in [3.63, 3.8) is 0 Å². The molecule has 1 aliphatic heterocycles. The molecule has 1 aromatic rings. The SMILES string of the molecule is CCC(c1ccccc1)N1CCC(C)C(N)C1. The summed E-state index contributed by atoms with van der Waals surface area (Å²) in [4.78, 5) is 2.56. The Kier molecular flexibility index (Phi) is 4.19. The first-order chi connectivity index (χ1) is 8.22. The predicted molar refractivity (Wildman–Crippen MR) is 72.8 cm³/mol. The third kappa shape index (κ3) is 2.88. The van der Waals surface area contributed by atoms with Gasteiger partial charge in [0.2, 0.25) is 0 Å². The zero-order chi connectivity index (χ0) is 12.3. The molecule has 0 bridgehead atoms. The van der Waals surface area contributed by atoms with Gasteiger partial charge in [-0.1, -0.05) is 44.2 Å². The topological polar surface area (TPSA) is 29.3 Å². The molecule has 94 valence electrons. The molecule has 1 fully saturated rings. The zero-order valence-electron chi connectivity index (χ0n) is 11.0. The van der Waals surface area contributed by atoms with Gasteiger partial charge >= 0.3 is 0 Å². The molecule has 2 nitrogen and oxygen atoms in total. The third-order valence-corrected chi connectivity index (χ3v) is 4.06. The molecular formula is C15H24N2. The third-order valence-electron chi connectivity index (χ3n) is 4.06. The minimum Gasteiger partial charge on any atom is -0.326 e. The van der Waals surface area contributed by atoms with Gasteiger partial charge in [-0.15, -0.1) is 0 Å². The lowest BCUT2D eigenvalue weighted by Gasteiger charge is -2.40. The van der Waals surface area contributed by atoms with E-state index in [9.17, 15) is 0 Å². The van der Waals surface area contributed by atoms with E-state index in [2.05, 4.69) is 49.1 Å². The van der Waals surface area contributed by atoms with Gasteiger partial charge in [-0.25, -0.2) is 0 Å². The Morgan fingerprint density at radius 2 is 2.06 bits per heavy atom. The van der Waals surface area contributed by atoms with Crippen LogP contribution in [0.15, 0.2) is 30.3 Å². The van der Waals surface area contributed by atoms with Crippen LogP contribution >= 0.6 is 0 Å². The number of likely N-dealkylation sites (tertiary alicyclic amines) is 1. The Balaban J connectivity index is 2.09. The standard InChI is InChI=1S/C15H24N2/c1-3-15(13-7-5-4-6-8-13)17-10-9-12(2)14(16)11-17/h4-8,12,14-15H,3,9-11,16H2,1-2H3. The van der Waals surface area contributed by atoms with Crippen LogP contribution in [-0.4, -0.2) is 24.0 Å². The molecule has 1 heterocycles. The molecule has 0 saturated carbocycles. The quantitative estimate of drug-likeness (QED) is 0.868. The van der Waals surface area contributed by atoms with Gasteiger partial charge in [-0.2, -0.15) is 0 Å². The highest BCUT2D eigenvalue weighted by molar-refractivity contribution is 5.19. The van der Waals surface area contributed by atoms with E-state index in [1.165, 1.54) is 18.5 Å². The lowest BCUT2D eigenvalue weighted by molar-refractivity contribution is 0.117. The number of nitrogens with zero attached hydrogens (tertiary/aromatic N) is 1. The maximum Gasteiger partial charge on any atom is 0.0346 e. The van der Waals surface area contributed by atoms with Crippen LogP contribution in [0.4, 0.5) is 0 Å². The number of benzene rings is 1. The summed E-state index contributed by atoms with van der Waals surface area (Å²) in [5, 5.41) is 0. The number of hydrogen-bond acceptors (Lipinski definition) is 2. The predicted octanol–water partition coefficient (Wildman–Crippen LogP) is 2.81. The summed E-state index contributed by atoms with van der Waals surface area (Å²) in [7, 11) is 0. The maximum atomic E-state index is 6.20. The lowest BCUT2D eigenvalue weighted by Crippen LogP contribution is -2.48. The number of hydrogen-bond donors (Lipinski definition) is 1. The fraction of sp³-hybridized carbons (Fsp3) is 0.600. The van der Waals surface area contributed by atoms with Crippen molar-refractivity contribution in [1.82, 2.24) is 4.90 Å². The fourth-order valence-electron chi connectivity index (χ4n) is 2.79. The Labute approximate surface area is 105 Å². The second-order valence-electron chi connectivity index (χ2n) is 5.26. The molecule has 0 amide bonds. The molecule has 0 spiro atoms. The number of rotatable bonds is 3. The largest absolute Gasteiger partial charge is 0.326 e. The minimum atomic E-state index is 0.335. The molecule has 2 rings (SSSR count). The van der Waals surface area contributed by atoms with Crippen molar-refractivity contribution < 1.29 is 0 Å². The van der Waals surface area contributed by atoms with E-state index in [-0.39, 0.29) is 0 Å². The molecule has 3 unspecified atom stereocenters. The van der Waals surface area contributed by atoms with Crippen molar-refractivity contribution in [2.45, 2.75) is 38.8 Å². The Morgan fingerprint density at radius 3 is 2.65 bits per heavy atom. The van der Waals surface area contributed by atoms with E-state index in [4.69, 9.17) is 5.73 Å². The molecule has 1 aliphatic rings. The van der Waals surface area contributed by atoms with Crippen molar-refractivity contribution in [3.8, 4) is 0 Å². The second-order valence-corrected chi connectivity index (χ2v) is 5.26. The van der Waals surface area contributed by atoms with Gasteiger partial charge in [0.1, 0.15) is 0 Å². The molecule has 2 heteroatoms. The molecule has 0 radical (unpaired) electrons. The van der Waals surface area contributed by atoms with E-state index in [1.54, 1.807) is 0 Å². The van der Waals surface area contributed by atoms with Crippen molar-refractivity contribution in [2.24, 2.45) is 11.7 Å². The highest BCUT2D eigenvalue weighted by Gasteiger charge is 2.27. The van der Waals surface area contributed by atoms with Gasteiger partial charge in [-0.3, -0.25) is 4.90 Å². The first-order valence-electron chi connectivity index (χ1n) is 6.77. The maximum absolute atomic E-state index is 6.20. The first kappa shape index (κ1) is 12.6. The van der Waals surface area contributed by atoms with Crippen LogP contribution in [0.1, 0.15) is 38.3 Å². The Bertz CT molecular complexity index is 336. The Hall–Kier alpha value is -0.860. The monoisotopic (exact) mass is 232 g/mol. The van der Waals surface area contributed by atoms with Crippen molar-refractivity contribution in [3.05, 3.63) is 35.9 Å². The highest BCUT2D eigenvalue weighted by Crippen LogP contribution is 2.28. The normalized spacial score (nSPS) is 27.9. The van der Waals surface area contributed by atoms with Crippen LogP contribution in [0.2, 0.25) is 0 Å². The summed E-state index contributed by atoms with van der Waals surface area (Å²) >= 11 is 0. The van der Waals surface area contributed by atoms with Gasteiger partial charge in [0, 0.05) is 18.6 Å². The van der Waals surface area contributed by atoms with Crippen LogP contribution in [-0.2, 0) is 0 Å². The van der Waals surface area contributed by atoms with Gasteiger partial charge in [0.25, 0.3) is 0 Å². The molecule has 17 heavy (non-hydrogen) atoms. The molecule has 0 aromatic heterocycles. The molecule has 3 atom stereocenters. The van der Waals surface area contributed by atoms with Crippen molar-refractivity contribution in [2.75, 3.05) is 13.1 Å². The summed E-state index contributed by atoms with van der Waals surface area (Å²) in [6.45, 7) is 6.75. The average Bonchev–Trinajstić information content (AvgIpc) is 2.36. The minimum absolute atomic E-state index is 0.335. The fourth-order valence-corrected chi connectivity index (χ4v) is 2.79. The first-order valence-corrected chi connectivity index (χ1v) is 6.77. The van der Waals surface area contributed by atoms with E-state index in [0.29, 0.717) is 18.0 Å². The second kappa shape index (κ2) is 5.65. The van der Waals surface area contributed by atoms with E-state index in [1.807, 2.05) is 0 Å².